The van der Waals surface area contributed by atoms with Crippen molar-refractivity contribution in [3.8, 4) is 0 Å². The highest BCUT2D eigenvalue weighted by molar-refractivity contribution is 5.79. The molecule has 0 spiro atoms. The van der Waals surface area contributed by atoms with Crippen molar-refractivity contribution < 1.29 is 4.79 Å². The molecule has 0 saturated heterocycles. The van der Waals surface area contributed by atoms with Crippen molar-refractivity contribution in [3.05, 3.63) is 35.9 Å². The topological polar surface area (TPSA) is 55.1 Å². The van der Waals surface area contributed by atoms with Gasteiger partial charge >= 0.3 is 0 Å². The van der Waals surface area contributed by atoms with Gasteiger partial charge in [0.1, 0.15) is 0 Å². The number of carbonyl (C=O) groups is 1. The second-order valence-corrected chi connectivity index (χ2v) is 8.41. The van der Waals surface area contributed by atoms with Crippen LogP contribution in [0.3, 0.4) is 0 Å². The molecule has 3 aliphatic rings. The molecule has 1 amide bonds. The molecular weight excluding hydrogens is 296 g/mol. The summed E-state index contributed by atoms with van der Waals surface area (Å²) in [6.45, 7) is 0.799. The SMILES string of the molecule is NC1C2CCCC1CC(C(=O)NCC1(c3ccccc3)CCC1)C2. The Morgan fingerprint density at radius 1 is 1.08 bits per heavy atom. The molecule has 2 bridgehead atoms. The molecule has 3 fully saturated rings. The monoisotopic (exact) mass is 326 g/mol. The number of rotatable bonds is 4. The van der Waals surface area contributed by atoms with Crippen LogP contribution in [0.4, 0.5) is 0 Å². The lowest BCUT2D eigenvalue weighted by molar-refractivity contribution is -0.128. The van der Waals surface area contributed by atoms with Crippen molar-refractivity contribution in [1.29, 1.82) is 0 Å². The molecular formula is C21H30N2O. The van der Waals surface area contributed by atoms with Crippen molar-refractivity contribution in [2.45, 2.75) is 62.8 Å². The quantitative estimate of drug-likeness (QED) is 0.891. The van der Waals surface area contributed by atoms with E-state index in [0.717, 1.165) is 19.4 Å². The Labute approximate surface area is 145 Å². The second kappa shape index (κ2) is 6.51. The Balaban J connectivity index is 1.38. The molecule has 0 aromatic heterocycles. The molecule has 0 radical (unpaired) electrons. The first-order valence-corrected chi connectivity index (χ1v) is 9.77. The molecule has 3 heteroatoms. The van der Waals surface area contributed by atoms with Gasteiger partial charge in [0.15, 0.2) is 0 Å². The molecule has 3 aliphatic carbocycles. The first-order valence-electron chi connectivity index (χ1n) is 9.77. The molecule has 1 aromatic carbocycles. The van der Waals surface area contributed by atoms with Crippen LogP contribution in [-0.4, -0.2) is 18.5 Å². The highest BCUT2D eigenvalue weighted by Gasteiger charge is 2.42. The van der Waals surface area contributed by atoms with Gasteiger partial charge in [-0.15, -0.1) is 0 Å². The molecule has 2 atom stereocenters. The molecule has 3 N–H and O–H groups in total. The van der Waals surface area contributed by atoms with Gasteiger partial charge in [0.25, 0.3) is 0 Å². The largest absolute Gasteiger partial charge is 0.355 e. The number of nitrogens with one attached hydrogen (secondary N) is 1. The highest BCUT2D eigenvalue weighted by Crippen LogP contribution is 2.44. The summed E-state index contributed by atoms with van der Waals surface area (Å²) in [5.74, 6) is 1.61. The zero-order valence-electron chi connectivity index (χ0n) is 14.5. The zero-order valence-corrected chi connectivity index (χ0v) is 14.5. The first-order chi connectivity index (χ1) is 11.7. The summed E-state index contributed by atoms with van der Waals surface area (Å²) in [5.41, 5.74) is 7.93. The maximum Gasteiger partial charge on any atom is 0.223 e. The van der Waals surface area contributed by atoms with Crippen molar-refractivity contribution in [1.82, 2.24) is 5.32 Å². The van der Waals surface area contributed by atoms with E-state index in [4.69, 9.17) is 5.73 Å². The van der Waals surface area contributed by atoms with E-state index in [0.29, 0.717) is 17.9 Å². The molecule has 130 valence electrons. The molecule has 2 unspecified atom stereocenters. The summed E-state index contributed by atoms with van der Waals surface area (Å²) >= 11 is 0. The van der Waals surface area contributed by atoms with Gasteiger partial charge in [-0.3, -0.25) is 4.79 Å². The summed E-state index contributed by atoms with van der Waals surface area (Å²) in [7, 11) is 0. The van der Waals surface area contributed by atoms with Crippen molar-refractivity contribution in [3.63, 3.8) is 0 Å². The van der Waals surface area contributed by atoms with Crippen LogP contribution < -0.4 is 11.1 Å². The summed E-state index contributed by atoms with van der Waals surface area (Å²) in [5, 5.41) is 3.32. The molecule has 0 heterocycles. The fourth-order valence-corrected chi connectivity index (χ4v) is 5.37. The highest BCUT2D eigenvalue weighted by atomic mass is 16.1. The minimum absolute atomic E-state index is 0.178. The zero-order chi connectivity index (χ0) is 16.6. The van der Waals surface area contributed by atoms with Crippen molar-refractivity contribution in [2.75, 3.05) is 6.54 Å². The smallest absolute Gasteiger partial charge is 0.223 e. The fourth-order valence-electron chi connectivity index (χ4n) is 5.37. The minimum atomic E-state index is 0.178. The van der Waals surface area contributed by atoms with E-state index in [2.05, 4.69) is 35.6 Å². The predicted molar refractivity (Wildman–Crippen MR) is 96.5 cm³/mol. The van der Waals surface area contributed by atoms with Crippen LogP contribution in [0.2, 0.25) is 0 Å². The number of carbonyl (C=O) groups excluding carboxylic acids is 1. The van der Waals surface area contributed by atoms with Gasteiger partial charge in [-0.05, 0) is 55.9 Å². The van der Waals surface area contributed by atoms with Gasteiger partial charge in [0, 0.05) is 23.9 Å². The first kappa shape index (κ1) is 16.1. The summed E-state index contributed by atoms with van der Waals surface area (Å²) in [4.78, 5) is 12.8. The van der Waals surface area contributed by atoms with E-state index in [1.807, 2.05) is 0 Å². The second-order valence-electron chi connectivity index (χ2n) is 8.41. The van der Waals surface area contributed by atoms with Crippen LogP contribution >= 0.6 is 0 Å². The standard InChI is InChI=1S/C21H30N2O/c22-19-15-6-4-7-16(19)13-17(12-15)20(24)23-14-21(10-5-11-21)18-8-2-1-3-9-18/h1-3,8-9,15-17,19H,4-7,10-14,22H2,(H,23,24). The van der Waals surface area contributed by atoms with Crippen molar-refractivity contribution >= 4 is 5.91 Å². The lowest BCUT2D eigenvalue weighted by Crippen LogP contribution is -2.51. The third-order valence-electron chi connectivity index (χ3n) is 7.08. The number of amides is 1. The molecule has 3 saturated carbocycles. The van der Waals surface area contributed by atoms with Gasteiger partial charge in [0.2, 0.25) is 5.91 Å². The Bertz CT molecular complexity index is 567. The number of hydrogen-bond acceptors (Lipinski definition) is 2. The van der Waals surface area contributed by atoms with E-state index >= 15 is 0 Å². The van der Waals surface area contributed by atoms with Gasteiger partial charge in [0.05, 0.1) is 0 Å². The average molecular weight is 326 g/mol. The van der Waals surface area contributed by atoms with Crippen LogP contribution in [-0.2, 0) is 10.2 Å². The number of hydrogen-bond donors (Lipinski definition) is 2. The summed E-state index contributed by atoms with van der Waals surface area (Å²) in [6, 6.07) is 11.1. The van der Waals surface area contributed by atoms with E-state index in [1.165, 1.54) is 44.1 Å². The Hall–Kier alpha value is -1.35. The van der Waals surface area contributed by atoms with Crippen LogP contribution in [0.5, 0.6) is 0 Å². The number of nitrogens with two attached hydrogens (primary N) is 1. The molecule has 4 rings (SSSR count). The van der Waals surface area contributed by atoms with Crippen LogP contribution in [0, 0.1) is 17.8 Å². The normalized spacial score (nSPS) is 34.2. The third kappa shape index (κ3) is 2.88. The molecule has 0 aliphatic heterocycles. The van der Waals surface area contributed by atoms with E-state index in [9.17, 15) is 4.79 Å². The van der Waals surface area contributed by atoms with Gasteiger partial charge in [-0.1, -0.05) is 43.2 Å². The lowest BCUT2D eigenvalue weighted by Gasteiger charge is -2.45. The Morgan fingerprint density at radius 2 is 1.75 bits per heavy atom. The average Bonchev–Trinajstić information content (AvgIpc) is 2.54. The van der Waals surface area contributed by atoms with E-state index in [-0.39, 0.29) is 17.2 Å². The number of benzene rings is 1. The Kier molecular flexibility index (Phi) is 4.38. The lowest BCUT2D eigenvalue weighted by atomic mass is 9.63. The minimum Gasteiger partial charge on any atom is -0.355 e. The van der Waals surface area contributed by atoms with E-state index in [1.54, 1.807) is 0 Å². The predicted octanol–water partition coefficient (Wildman–Crippen LogP) is 3.38. The van der Waals surface area contributed by atoms with Crippen LogP contribution in [0.15, 0.2) is 30.3 Å². The van der Waals surface area contributed by atoms with Gasteiger partial charge < -0.3 is 11.1 Å². The van der Waals surface area contributed by atoms with Gasteiger partial charge in [-0.2, -0.15) is 0 Å². The maximum atomic E-state index is 12.8. The van der Waals surface area contributed by atoms with Gasteiger partial charge in [-0.25, -0.2) is 0 Å². The summed E-state index contributed by atoms with van der Waals surface area (Å²) < 4.78 is 0. The molecule has 24 heavy (non-hydrogen) atoms. The maximum absolute atomic E-state index is 12.8. The van der Waals surface area contributed by atoms with E-state index < -0.39 is 0 Å². The molecule has 3 nitrogen and oxygen atoms in total. The van der Waals surface area contributed by atoms with Crippen molar-refractivity contribution in [2.24, 2.45) is 23.5 Å². The summed E-state index contributed by atoms with van der Waals surface area (Å²) in [6.07, 6.45) is 9.40. The van der Waals surface area contributed by atoms with Crippen LogP contribution in [0.1, 0.15) is 56.9 Å². The fraction of sp³-hybridized carbons (Fsp3) is 0.667. The third-order valence-corrected chi connectivity index (χ3v) is 7.08. The Morgan fingerprint density at radius 3 is 2.33 bits per heavy atom. The molecule has 1 aromatic rings. The number of fused-ring (bicyclic) bond motifs is 2. The van der Waals surface area contributed by atoms with Crippen LogP contribution in [0.25, 0.3) is 0 Å².